The van der Waals surface area contributed by atoms with Crippen molar-refractivity contribution in [1.29, 1.82) is 0 Å². The summed E-state index contributed by atoms with van der Waals surface area (Å²) in [5.74, 6) is 6.70. The molecule has 0 rings (SSSR count). The van der Waals surface area contributed by atoms with Crippen molar-refractivity contribution in [3.05, 3.63) is 0 Å². The predicted molar refractivity (Wildman–Crippen MR) is 104 cm³/mol. The maximum atomic E-state index is 8.70. The molecule has 0 aliphatic carbocycles. The van der Waals surface area contributed by atoms with Crippen molar-refractivity contribution >= 4 is 0 Å². The molecule has 1 nitrogen and oxygen atoms in total. The van der Waals surface area contributed by atoms with Gasteiger partial charge in [-0.15, -0.1) is 11.8 Å². The molecule has 0 fully saturated rings. The summed E-state index contributed by atoms with van der Waals surface area (Å²) in [6, 6.07) is 0. The van der Waals surface area contributed by atoms with Gasteiger partial charge in [0.25, 0.3) is 0 Å². The van der Waals surface area contributed by atoms with Crippen LogP contribution in [0.3, 0.4) is 0 Å². The molecule has 0 aromatic heterocycles. The largest absolute Gasteiger partial charge is 0.396 e. The van der Waals surface area contributed by atoms with E-state index in [0.29, 0.717) is 6.61 Å². The normalized spacial score (nSPS) is 10.5. The third-order valence-electron chi connectivity index (χ3n) is 4.49. The minimum atomic E-state index is 0.361. The van der Waals surface area contributed by atoms with E-state index >= 15 is 0 Å². The fraction of sp³-hybridized carbons (Fsp3) is 0.909. The second kappa shape index (κ2) is 21.5. The summed E-state index contributed by atoms with van der Waals surface area (Å²) in [5, 5.41) is 8.70. The van der Waals surface area contributed by atoms with Crippen LogP contribution in [-0.4, -0.2) is 11.7 Å². The summed E-state index contributed by atoms with van der Waals surface area (Å²) < 4.78 is 0. The van der Waals surface area contributed by atoms with Crippen LogP contribution in [0.25, 0.3) is 0 Å². The van der Waals surface area contributed by atoms with Gasteiger partial charge in [0.05, 0.1) is 0 Å². The van der Waals surface area contributed by atoms with Gasteiger partial charge in [-0.2, -0.15) is 0 Å². The van der Waals surface area contributed by atoms with Gasteiger partial charge in [-0.25, -0.2) is 0 Å². The van der Waals surface area contributed by atoms with E-state index in [-0.39, 0.29) is 0 Å². The molecule has 0 bridgehead atoms. The molecule has 0 saturated heterocycles. The molecule has 1 heteroatoms. The maximum Gasteiger partial charge on any atom is 0.0431 e. The summed E-state index contributed by atoms with van der Waals surface area (Å²) in [6.07, 6.45) is 23.5. The lowest BCUT2D eigenvalue weighted by Crippen LogP contribution is -1.84. The van der Waals surface area contributed by atoms with Crippen molar-refractivity contribution < 1.29 is 5.11 Å². The van der Waals surface area contributed by atoms with Crippen LogP contribution in [0, 0.1) is 11.8 Å². The van der Waals surface area contributed by atoms with Gasteiger partial charge in [-0.05, 0) is 19.3 Å². The van der Waals surface area contributed by atoms with Gasteiger partial charge in [-0.1, -0.05) is 90.4 Å². The van der Waals surface area contributed by atoms with Crippen LogP contribution in [0.2, 0.25) is 0 Å². The van der Waals surface area contributed by atoms with E-state index in [1.165, 1.54) is 96.3 Å². The molecule has 0 aliphatic rings. The molecule has 0 radical (unpaired) electrons. The highest BCUT2D eigenvalue weighted by molar-refractivity contribution is 4.98. The Morgan fingerprint density at radius 1 is 0.478 bits per heavy atom. The first kappa shape index (κ1) is 22.5. The molecule has 0 aromatic rings. The third kappa shape index (κ3) is 21.5. The summed E-state index contributed by atoms with van der Waals surface area (Å²) in [6.45, 7) is 2.64. The second-order valence-corrected chi connectivity index (χ2v) is 6.88. The van der Waals surface area contributed by atoms with Gasteiger partial charge in [-0.3, -0.25) is 0 Å². The Labute approximate surface area is 146 Å². The lowest BCUT2D eigenvalue weighted by atomic mass is 10.1. The van der Waals surface area contributed by atoms with Gasteiger partial charge < -0.3 is 5.11 Å². The van der Waals surface area contributed by atoms with E-state index in [2.05, 4.69) is 18.8 Å². The minimum Gasteiger partial charge on any atom is -0.396 e. The fourth-order valence-electron chi connectivity index (χ4n) is 2.91. The van der Waals surface area contributed by atoms with E-state index in [1.54, 1.807) is 0 Å². The van der Waals surface area contributed by atoms with Crippen LogP contribution in [-0.2, 0) is 0 Å². The maximum absolute atomic E-state index is 8.70. The molecule has 0 heterocycles. The van der Waals surface area contributed by atoms with E-state index in [0.717, 1.165) is 19.3 Å². The molecule has 0 amide bonds. The molecule has 23 heavy (non-hydrogen) atoms. The van der Waals surface area contributed by atoms with Gasteiger partial charge in [0.15, 0.2) is 0 Å². The molecule has 0 aromatic carbocycles. The molecular formula is C22H42O. The number of rotatable bonds is 17. The number of hydrogen-bond donors (Lipinski definition) is 1. The highest BCUT2D eigenvalue weighted by atomic mass is 16.2. The predicted octanol–water partition coefficient (Wildman–Crippen LogP) is 7.02. The van der Waals surface area contributed by atoms with E-state index in [4.69, 9.17) is 5.11 Å². The molecule has 0 aliphatic heterocycles. The Morgan fingerprint density at radius 2 is 0.826 bits per heavy atom. The van der Waals surface area contributed by atoms with Crippen LogP contribution in [0.15, 0.2) is 0 Å². The van der Waals surface area contributed by atoms with Crippen molar-refractivity contribution in [2.24, 2.45) is 0 Å². The molecule has 0 saturated carbocycles. The van der Waals surface area contributed by atoms with Crippen molar-refractivity contribution in [2.75, 3.05) is 6.61 Å². The van der Waals surface area contributed by atoms with Crippen LogP contribution in [0.5, 0.6) is 0 Å². The summed E-state index contributed by atoms with van der Waals surface area (Å²) >= 11 is 0. The molecule has 0 spiro atoms. The average molecular weight is 323 g/mol. The number of aliphatic hydroxyl groups is 1. The van der Waals surface area contributed by atoms with E-state index < -0.39 is 0 Å². The smallest absolute Gasteiger partial charge is 0.0431 e. The second-order valence-electron chi connectivity index (χ2n) is 6.88. The van der Waals surface area contributed by atoms with E-state index in [9.17, 15) is 0 Å². The zero-order chi connectivity index (χ0) is 16.8. The topological polar surface area (TPSA) is 20.2 Å². The number of aliphatic hydroxyl groups excluding tert-OH is 1. The highest BCUT2D eigenvalue weighted by Gasteiger charge is 1.92. The third-order valence-corrected chi connectivity index (χ3v) is 4.49. The first-order valence-electron chi connectivity index (χ1n) is 10.5. The van der Waals surface area contributed by atoms with Crippen molar-refractivity contribution in [3.63, 3.8) is 0 Å². The molecule has 1 N–H and O–H groups in total. The quantitative estimate of drug-likeness (QED) is 0.225. The fourth-order valence-corrected chi connectivity index (χ4v) is 2.91. The SMILES string of the molecule is CCCCCCCCCC#CCCCCCCCCCCCO. The zero-order valence-electron chi connectivity index (χ0n) is 15.9. The Morgan fingerprint density at radius 3 is 1.22 bits per heavy atom. The number of hydrogen-bond acceptors (Lipinski definition) is 1. The van der Waals surface area contributed by atoms with Gasteiger partial charge in [0, 0.05) is 19.4 Å². The lowest BCUT2D eigenvalue weighted by Gasteiger charge is -2.00. The van der Waals surface area contributed by atoms with Crippen molar-refractivity contribution in [3.8, 4) is 11.8 Å². The standard InChI is InChI=1S/C22H42O/c1-2-3-4-5-6-7-8-9-10-11-12-13-14-15-16-17-18-19-20-21-22-23/h23H,2-9,12-22H2,1H3. The van der Waals surface area contributed by atoms with Gasteiger partial charge >= 0.3 is 0 Å². The Hall–Kier alpha value is -0.480. The van der Waals surface area contributed by atoms with Crippen molar-refractivity contribution in [2.45, 2.75) is 122 Å². The van der Waals surface area contributed by atoms with Crippen LogP contribution < -0.4 is 0 Å². The summed E-state index contributed by atoms with van der Waals surface area (Å²) in [5.41, 5.74) is 0. The Balaban J connectivity index is 3.07. The van der Waals surface area contributed by atoms with Crippen LogP contribution in [0.4, 0.5) is 0 Å². The highest BCUT2D eigenvalue weighted by Crippen LogP contribution is 2.10. The number of unbranched alkanes of at least 4 members (excludes halogenated alkanes) is 16. The summed E-state index contributed by atoms with van der Waals surface area (Å²) in [4.78, 5) is 0. The molecule has 136 valence electrons. The van der Waals surface area contributed by atoms with Crippen LogP contribution >= 0.6 is 0 Å². The van der Waals surface area contributed by atoms with Gasteiger partial charge in [0.1, 0.15) is 0 Å². The molecule has 0 atom stereocenters. The average Bonchev–Trinajstić information content (AvgIpc) is 2.57. The first-order valence-corrected chi connectivity index (χ1v) is 10.5. The van der Waals surface area contributed by atoms with E-state index in [1.807, 2.05) is 0 Å². The Kier molecular flexibility index (Phi) is 21.1. The summed E-state index contributed by atoms with van der Waals surface area (Å²) in [7, 11) is 0. The lowest BCUT2D eigenvalue weighted by molar-refractivity contribution is 0.282. The molecular weight excluding hydrogens is 280 g/mol. The van der Waals surface area contributed by atoms with Crippen LogP contribution in [0.1, 0.15) is 122 Å². The Bertz CT molecular complexity index is 261. The molecule has 0 unspecified atom stereocenters. The van der Waals surface area contributed by atoms with Gasteiger partial charge in [0.2, 0.25) is 0 Å². The zero-order valence-corrected chi connectivity index (χ0v) is 15.9. The monoisotopic (exact) mass is 322 g/mol. The van der Waals surface area contributed by atoms with Crippen molar-refractivity contribution in [1.82, 2.24) is 0 Å². The first-order chi connectivity index (χ1) is 11.4. The minimum absolute atomic E-state index is 0.361.